The number of nitrogens with zero attached hydrogens (tertiary/aromatic N) is 2. The largest absolute Gasteiger partial charge is 0.265 e. The Morgan fingerprint density at radius 2 is 1.88 bits per heavy atom. The Hall–Kier alpha value is -2.47. The summed E-state index contributed by atoms with van der Waals surface area (Å²) in [5.41, 5.74) is 3.07. The van der Waals surface area contributed by atoms with Gasteiger partial charge in [-0.15, -0.1) is 0 Å². The van der Waals surface area contributed by atoms with Crippen LogP contribution in [0.1, 0.15) is 16.7 Å². The smallest absolute Gasteiger partial charge is 0.249 e. The maximum atomic E-state index is 13.5. The van der Waals surface area contributed by atoms with E-state index < -0.39 is 15.8 Å². The van der Waals surface area contributed by atoms with Gasteiger partial charge >= 0.3 is 0 Å². The van der Waals surface area contributed by atoms with E-state index in [9.17, 15) is 12.8 Å². The molecule has 2 heterocycles. The van der Waals surface area contributed by atoms with Crippen LogP contribution >= 0.6 is 0 Å². The molecule has 0 fully saturated rings. The lowest BCUT2D eigenvalue weighted by Gasteiger charge is -2.19. The van der Waals surface area contributed by atoms with Gasteiger partial charge in [-0.05, 0) is 67.3 Å². The topological polar surface area (TPSA) is 50.3 Å². The molecule has 25 heavy (non-hydrogen) atoms. The van der Waals surface area contributed by atoms with Crippen LogP contribution in [0.3, 0.4) is 0 Å². The van der Waals surface area contributed by atoms with Crippen molar-refractivity contribution in [2.75, 3.05) is 10.8 Å². The highest BCUT2D eigenvalue weighted by atomic mass is 32.2. The van der Waals surface area contributed by atoms with Crippen molar-refractivity contribution >= 4 is 26.7 Å². The predicted octanol–water partition coefficient (Wildman–Crippen LogP) is 3.74. The molecule has 4 nitrogen and oxygen atoms in total. The SMILES string of the molecule is Cc1ccc2cc3c(nc2c1)N(S(=O)(=O)c1ccc(F)c(C)c1)CC3. The molecule has 1 aliphatic heterocycles. The summed E-state index contributed by atoms with van der Waals surface area (Å²) in [7, 11) is -3.77. The highest BCUT2D eigenvalue weighted by Gasteiger charge is 2.32. The van der Waals surface area contributed by atoms with Gasteiger partial charge < -0.3 is 0 Å². The molecule has 0 saturated heterocycles. The third-order valence-electron chi connectivity index (χ3n) is 4.57. The van der Waals surface area contributed by atoms with E-state index in [4.69, 9.17) is 0 Å². The molecule has 6 heteroatoms. The summed E-state index contributed by atoms with van der Waals surface area (Å²) in [6, 6.07) is 11.8. The first-order chi connectivity index (χ1) is 11.9. The molecule has 4 rings (SSSR count). The minimum Gasteiger partial charge on any atom is -0.249 e. The number of fused-ring (bicyclic) bond motifs is 2. The first-order valence-electron chi connectivity index (χ1n) is 8.05. The Balaban J connectivity index is 1.84. The number of anilines is 1. The maximum Gasteiger partial charge on any atom is 0.265 e. The van der Waals surface area contributed by atoms with E-state index in [1.165, 1.54) is 22.5 Å². The van der Waals surface area contributed by atoms with Gasteiger partial charge in [0.1, 0.15) is 11.6 Å². The van der Waals surface area contributed by atoms with E-state index in [0.717, 1.165) is 22.0 Å². The second-order valence-corrected chi connectivity index (χ2v) is 8.27. The number of halogens is 1. The van der Waals surface area contributed by atoms with E-state index in [0.29, 0.717) is 24.3 Å². The van der Waals surface area contributed by atoms with E-state index in [1.807, 2.05) is 31.2 Å². The molecule has 0 aliphatic carbocycles. The van der Waals surface area contributed by atoms with Gasteiger partial charge in [0.25, 0.3) is 10.0 Å². The van der Waals surface area contributed by atoms with Gasteiger partial charge in [-0.3, -0.25) is 0 Å². The molecule has 0 unspecified atom stereocenters. The number of sulfonamides is 1. The lowest BCUT2D eigenvalue weighted by atomic mass is 10.1. The zero-order valence-corrected chi connectivity index (χ0v) is 14.8. The number of aromatic nitrogens is 1. The summed E-state index contributed by atoms with van der Waals surface area (Å²) in [4.78, 5) is 4.69. The van der Waals surface area contributed by atoms with Crippen LogP contribution in [0.4, 0.5) is 10.2 Å². The summed E-state index contributed by atoms with van der Waals surface area (Å²) >= 11 is 0. The van der Waals surface area contributed by atoms with Crippen LogP contribution in [0.25, 0.3) is 10.9 Å². The van der Waals surface area contributed by atoms with Crippen LogP contribution in [0.15, 0.2) is 47.4 Å². The van der Waals surface area contributed by atoms with Crippen LogP contribution in [0.5, 0.6) is 0 Å². The Kier molecular flexibility index (Phi) is 3.54. The molecule has 0 radical (unpaired) electrons. The number of rotatable bonds is 2. The fourth-order valence-corrected chi connectivity index (χ4v) is 4.72. The first kappa shape index (κ1) is 16.0. The normalized spacial score (nSPS) is 14.1. The van der Waals surface area contributed by atoms with Crippen LogP contribution in [0.2, 0.25) is 0 Å². The molecule has 0 atom stereocenters. The quantitative estimate of drug-likeness (QED) is 0.703. The highest BCUT2D eigenvalue weighted by Crippen LogP contribution is 2.34. The highest BCUT2D eigenvalue weighted by molar-refractivity contribution is 7.92. The summed E-state index contributed by atoms with van der Waals surface area (Å²) in [5, 5.41) is 1.00. The Bertz CT molecular complexity index is 1110. The van der Waals surface area contributed by atoms with E-state index in [2.05, 4.69) is 4.98 Å². The Morgan fingerprint density at radius 3 is 2.64 bits per heavy atom. The fourth-order valence-electron chi connectivity index (χ4n) is 3.18. The second-order valence-electron chi connectivity index (χ2n) is 6.41. The molecular formula is C19H17FN2O2S. The molecule has 1 aromatic heterocycles. The van der Waals surface area contributed by atoms with Crippen LogP contribution in [-0.4, -0.2) is 19.9 Å². The molecule has 2 aromatic carbocycles. The standard InChI is InChI=1S/C19H17FN2O2S/c1-12-3-4-14-11-15-7-8-22(19(15)21-18(14)9-12)25(23,24)16-5-6-17(20)13(2)10-16/h3-6,9-11H,7-8H2,1-2H3. The minimum absolute atomic E-state index is 0.0883. The van der Waals surface area contributed by atoms with Crippen molar-refractivity contribution in [3.63, 3.8) is 0 Å². The van der Waals surface area contributed by atoms with Gasteiger partial charge in [-0.2, -0.15) is 0 Å². The third-order valence-corrected chi connectivity index (χ3v) is 6.35. The molecule has 1 aliphatic rings. The number of pyridine rings is 1. The molecule has 0 amide bonds. The number of hydrogen-bond donors (Lipinski definition) is 0. The van der Waals surface area contributed by atoms with E-state index in [-0.39, 0.29) is 4.90 Å². The van der Waals surface area contributed by atoms with Crippen molar-refractivity contribution in [1.29, 1.82) is 0 Å². The van der Waals surface area contributed by atoms with Gasteiger partial charge in [0, 0.05) is 11.9 Å². The Morgan fingerprint density at radius 1 is 1.08 bits per heavy atom. The summed E-state index contributed by atoms with van der Waals surface area (Å²) in [5.74, 6) is 0.0560. The Labute approximate surface area is 146 Å². The van der Waals surface area contributed by atoms with Gasteiger partial charge in [0.05, 0.1) is 10.4 Å². The van der Waals surface area contributed by atoms with Gasteiger partial charge in [-0.25, -0.2) is 22.1 Å². The van der Waals surface area contributed by atoms with E-state index in [1.54, 1.807) is 6.92 Å². The molecule has 0 N–H and O–H groups in total. The lowest BCUT2D eigenvalue weighted by Crippen LogP contribution is -2.29. The third kappa shape index (κ3) is 2.57. The first-order valence-corrected chi connectivity index (χ1v) is 9.49. The predicted molar refractivity (Wildman–Crippen MR) is 95.9 cm³/mol. The molecular weight excluding hydrogens is 339 g/mol. The lowest BCUT2D eigenvalue weighted by molar-refractivity contribution is 0.590. The van der Waals surface area contributed by atoms with E-state index >= 15 is 0 Å². The molecule has 128 valence electrons. The summed E-state index contributed by atoms with van der Waals surface area (Å²) < 4.78 is 40.9. The van der Waals surface area contributed by atoms with Crippen LogP contribution < -0.4 is 4.31 Å². The zero-order valence-electron chi connectivity index (χ0n) is 14.0. The van der Waals surface area contributed by atoms with Crippen molar-refractivity contribution in [2.45, 2.75) is 25.2 Å². The molecule has 0 bridgehead atoms. The summed E-state index contributed by atoms with van der Waals surface area (Å²) in [6.07, 6.45) is 0.617. The molecule has 3 aromatic rings. The molecule has 0 saturated carbocycles. The van der Waals surface area contributed by atoms with Crippen LogP contribution in [-0.2, 0) is 16.4 Å². The van der Waals surface area contributed by atoms with Crippen molar-refractivity contribution in [3.8, 4) is 0 Å². The minimum atomic E-state index is -3.77. The average molecular weight is 356 g/mol. The monoisotopic (exact) mass is 356 g/mol. The number of aryl methyl sites for hydroxylation is 2. The average Bonchev–Trinajstić information content (AvgIpc) is 2.98. The second kappa shape index (κ2) is 5.52. The van der Waals surface area contributed by atoms with Gasteiger partial charge in [0.2, 0.25) is 0 Å². The zero-order chi connectivity index (χ0) is 17.8. The number of benzene rings is 2. The molecule has 0 spiro atoms. The van der Waals surface area contributed by atoms with Gasteiger partial charge in [0.15, 0.2) is 0 Å². The van der Waals surface area contributed by atoms with Crippen molar-refractivity contribution < 1.29 is 12.8 Å². The van der Waals surface area contributed by atoms with Gasteiger partial charge in [-0.1, -0.05) is 12.1 Å². The van der Waals surface area contributed by atoms with Crippen molar-refractivity contribution in [3.05, 3.63) is 65.0 Å². The maximum absolute atomic E-state index is 13.5. The summed E-state index contributed by atoms with van der Waals surface area (Å²) in [6.45, 7) is 3.88. The fraction of sp³-hybridized carbons (Fsp3) is 0.211. The van der Waals surface area contributed by atoms with Crippen LogP contribution in [0, 0.1) is 19.7 Å². The number of hydrogen-bond acceptors (Lipinski definition) is 3. The van der Waals surface area contributed by atoms with Crippen molar-refractivity contribution in [1.82, 2.24) is 4.98 Å². The van der Waals surface area contributed by atoms with Crippen molar-refractivity contribution in [2.24, 2.45) is 0 Å².